The third-order valence-corrected chi connectivity index (χ3v) is 5.02. The Morgan fingerprint density at radius 2 is 1.48 bits per heavy atom. The summed E-state index contributed by atoms with van der Waals surface area (Å²) in [6, 6.07) is 12.1. The first-order valence-corrected chi connectivity index (χ1v) is 9.04. The monoisotopic (exact) mass is 412 g/mol. The number of anilines is 1. The van der Waals surface area contributed by atoms with E-state index in [9.17, 15) is 0 Å². The predicted molar refractivity (Wildman–Crippen MR) is 112 cm³/mol. The summed E-state index contributed by atoms with van der Waals surface area (Å²) < 4.78 is 16.3. The van der Waals surface area contributed by atoms with Crippen molar-refractivity contribution in [2.75, 3.05) is 52.4 Å². The van der Waals surface area contributed by atoms with E-state index in [1.165, 1.54) is 0 Å². The lowest BCUT2D eigenvalue weighted by Crippen LogP contribution is -2.46. The summed E-state index contributed by atoms with van der Waals surface area (Å²) in [4.78, 5) is 4.77. The zero-order valence-electron chi connectivity index (χ0n) is 15.9. The molecule has 0 spiro atoms. The smallest absolute Gasteiger partial charge is 0.203 e. The van der Waals surface area contributed by atoms with Crippen molar-refractivity contribution in [3.63, 3.8) is 0 Å². The molecule has 1 fully saturated rings. The second-order valence-corrected chi connectivity index (χ2v) is 6.66. The zero-order chi connectivity index (χ0) is 18.5. The van der Waals surface area contributed by atoms with Gasteiger partial charge in [-0.3, -0.25) is 4.90 Å². The Bertz CT molecular complexity index is 725. The maximum atomic E-state index is 6.32. The molecule has 0 aliphatic carbocycles. The second-order valence-electron chi connectivity index (χ2n) is 6.25. The molecule has 148 valence electrons. The molecule has 0 bridgehead atoms. The molecule has 5 nitrogen and oxygen atoms in total. The summed E-state index contributed by atoms with van der Waals surface area (Å²) in [6.07, 6.45) is 0. The fraction of sp³-hybridized carbons (Fsp3) is 0.400. The number of hydrogen-bond donors (Lipinski definition) is 0. The molecule has 3 rings (SSSR count). The highest BCUT2D eigenvalue weighted by Crippen LogP contribution is 2.38. The van der Waals surface area contributed by atoms with Gasteiger partial charge in [0.1, 0.15) is 0 Å². The standard InChI is InChI=1S/C20H25ClN2O3.ClH/c1-24-18-12-15(13-19(25-2)20(18)26-3)14-22-8-10-23(11-9-22)17-7-5-4-6-16(17)21;/h4-7,12-13H,8-11,14H2,1-3H3;1H. The molecule has 1 aliphatic rings. The Hall–Kier alpha value is -1.82. The molecule has 1 saturated heterocycles. The predicted octanol–water partition coefficient (Wildman–Crippen LogP) is 4.11. The SMILES string of the molecule is COc1cc(CN2CCN(c3ccccc3Cl)CC2)cc(OC)c1OC.Cl. The number of methoxy groups -OCH3 is 3. The van der Waals surface area contributed by atoms with E-state index in [0.29, 0.717) is 17.2 Å². The lowest BCUT2D eigenvalue weighted by molar-refractivity contribution is 0.248. The maximum Gasteiger partial charge on any atom is 0.203 e. The van der Waals surface area contributed by atoms with Crippen molar-refractivity contribution in [2.45, 2.75) is 6.54 Å². The van der Waals surface area contributed by atoms with Crippen LogP contribution >= 0.6 is 24.0 Å². The van der Waals surface area contributed by atoms with Crippen LogP contribution in [-0.2, 0) is 6.54 Å². The number of ether oxygens (including phenoxy) is 3. The Balaban J connectivity index is 0.00000261. The molecule has 0 atom stereocenters. The lowest BCUT2D eigenvalue weighted by atomic mass is 10.1. The molecule has 0 saturated carbocycles. The minimum atomic E-state index is 0. The first kappa shape index (κ1) is 21.5. The van der Waals surface area contributed by atoms with Gasteiger partial charge in [-0.25, -0.2) is 0 Å². The molecule has 2 aromatic rings. The lowest BCUT2D eigenvalue weighted by Gasteiger charge is -2.36. The van der Waals surface area contributed by atoms with Gasteiger partial charge in [0.25, 0.3) is 0 Å². The van der Waals surface area contributed by atoms with Gasteiger partial charge >= 0.3 is 0 Å². The van der Waals surface area contributed by atoms with Crippen LogP contribution in [0.5, 0.6) is 17.2 Å². The van der Waals surface area contributed by atoms with E-state index < -0.39 is 0 Å². The molecule has 2 aromatic carbocycles. The van der Waals surface area contributed by atoms with Crippen molar-refractivity contribution in [2.24, 2.45) is 0 Å². The molecular formula is C20H26Cl2N2O3. The molecule has 0 radical (unpaired) electrons. The van der Waals surface area contributed by atoms with Crippen LogP contribution in [0.3, 0.4) is 0 Å². The van der Waals surface area contributed by atoms with Crippen molar-refractivity contribution in [1.82, 2.24) is 4.90 Å². The van der Waals surface area contributed by atoms with Crippen LogP contribution < -0.4 is 19.1 Å². The van der Waals surface area contributed by atoms with Crippen LogP contribution in [0.2, 0.25) is 5.02 Å². The summed E-state index contributed by atoms with van der Waals surface area (Å²) in [5.41, 5.74) is 2.26. The number of rotatable bonds is 6. The van der Waals surface area contributed by atoms with Crippen LogP contribution in [0.1, 0.15) is 5.56 Å². The first-order valence-electron chi connectivity index (χ1n) is 8.67. The molecule has 1 heterocycles. The molecular weight excluding hydrogens is 387 g/mol. The number of piperazine rings is 1. The Morgan fingerprint density at radius 3 is 2.00 bits per heavy atom. The maximum absolute atomic E-state index is 6.32. The molecule has 0 amide bonds. The number of para-hydroxylation sites is 1. The summed E-state index contributed by atoms with van der Waals surface area (Å²) in [5.74, 6) is 2.01. The zero-order valence-corrected chi connectivity index (χ0v) is 17.5. The van der Waals surface area contributed by atoms with Gasteiger partial charge in [0.2, 0.25) is 5.75 Å². The van der Waals surface area contributed by atoms with E-state index in [-0.39, 0.29) is 12.4 Å². The highest BCUT2D eigenvalue weighted by Gasteiger charge is 2.20. The molecule has 0 aromatic heterocycles. The summed E-state index contributed by atoms with van der Waals surface area (Å²) in [6.45, 7) is 4.69. The summed E-state index contributed by atoms with van der Waals surface area (Å²) in [5, 5.41) is 0.811. The Morgan fingerprint density at radius 1 is 0.889 bits per heavy atom. The van der Waals surface area contributed by atoms with Gasteiger partial charge in [0.15, 0.2) is 11.5 Å². The number of hydrogen-bond acceptors (Lipinski definition) is 5. The van der Waals surface area contributed by atoms with Gasteiger partial charge in [-0.15, -0.1) is 12.4 Å². The third kappa shape index (κ3) is 4.92. The highest BCUT2D eigenvalue weighted by molar-refractivity contribution is 6.33. The fourth-order valence-electron chi connectivity index (χ4n) is 3.34. The van der Waals surface area contributed by atoms with Crippen LogP contribution in [0.15, 0.2) is 36.4 Å². The normalized spacial score (nSPS) is 14.4. The number of benzene rings is 2. The van der Waals surface area contributed by atoms with Crippen LogP contribution in [0.25, 0.3) is 0 Å². The molecule has 7 heteroatoms. The van der Waals surface area contributed by atoms with E-state index in [1.807, 2.05) is 30.3 Å². The van der Waals surface area contributed by atoms with E-state index in [0.717, 1.165) is 49.0 Å². The Labute approximate surface area is 172 Å². The van der Waals surface area contributed by atoms with Gasteiger partial charge in [0, 0.05) is 32.7 Å². The average molecular weight is 413 g/mol. The van der Waals surface area contributed by atoms with E-state index in [2.05, 4.69) is 15.9 Å². The van der Waals surface area contributed by atoms with Gasteiger partial charge < -0.3 is 19.1 Å². The number of nitrogens with zero attached hydrogens (tertiary/aromatic N) is 2. The van der Waals surface area contributed by atoms with Crippen molar-refractivity contribution >= 4 is 29.7 Å². The summed E-state index contributed by atoms with van der Waals surface area (Å²) in [7, 11) is 4.90. The highest BCUT2D eigenvalue weighted by atomic mass is 35.5. The van der Waals surface area contributed by atoms with Crippen molar-refractivity contribution < 1.29 is 14.2 Å². The molecule has 27 heavy (non-hydrogen) atoms. The van der Waals surface area contributed by atoms with Gasteiger partial charge in [-0.2, -0.15) is 0 Å². The van der Waals surface area contributed by atoms with E-state index in [4.69, 9.17) is 25.8 Å². The number of halogens is 2. The van der Waals surface area contributed by atoms with Crippen molar-refractivity contribution in [1.29, 1.82) is 0 Å². The van der Waals surface area contributed by atoms with Crippen LogP contribution in [0, 0.1) is 0 Å². The van der Waals surface area contributed by atoms with Crippen molar-refractivity contribution in [3.8, 4) is 17.2 Å². The topological polar surface area (TPSA) is 34.2 Å². The van der Waals surface area contributed by atoms with Crippen LogP contribution in [0.4, 0.5) is 5.69 Å². The van der Waals surface area contributed by atoms with Crippen molar-refractivity contribution in [3.05, 3.63) is 47.0 Å². The first-order chi connectivity index (χ1) is 12.7. The largest absolute Gasteiger partial charge is 0.493 e. The van der Waals surface area contributed by atoms with E-state index in [1.54, 1.807) is 21.3 Å². The van der Waals surface area contributed by atoms with Crippen LogP contribution in [-0.4, -0.2) is 52.4 Å². The minimum Gasteiger partial charge on any atom is -0.493 e. The second kappa shape index (κ2) is 9.93. The van der Waals surface area contributed by atoms with E-state index >= 15 is 0 Å². The Kier molecular flexibility index (Phi) is 7.90. The van der Waals surface area contributed by atoms with Gasteiger partial charge in [-0.1, -0.05) is 23.7 Å². The fourth-order valence-corrected chi connectivity index (χ4v) is 3.60. The van der Waals surface area contributed by atoms with Gasteiger partial charge in [0.05, 0.1) is 32.0 Å². The average Bonchev–Trinajstić information content (AvgIpc) is 2.68. The molecule has 0 N–H and O–H groups in total. The molecule has 0 unspecified atom stereocenters. The third-order valence-electron chi connectivity index (χ3n) is 4.70. The molecule has 1 aliphatic heterocycles. The van der Waals surface area contributed by atoms with Gasteiger partial charge in [-0.05, 0) is 29.8 Å². The quantitative estimate of drug-likeness (QED) is 0.712. The minimum absolute atomic E-state index is 0. The summed E-state index contributed by atoms with van der Waals surface area (Å²) >= 11 is 6.32.